The summed E-state index contributed by atoms with van der Waals surface area (Å²) in [7, 11) is 0. The Morgan fingerprint density at radius 2 is 1.89 bits per heavy atom. The first-order chi connectivity index (χ1) is 13.4. The molecule has 2 heterocycles. The molecule has 0 unspecified atom stereocenters. The molecular formula is C20H20ClN5OS. The first-order valence-electron chi connectivity index (χ1n) is 8.92. The van der Waals surface area contributed by atoms with Crippen molar-refractivity contribution in [2.24, 2.45) is 0 Å². The third-order valence-corrected chi connectivity index (χ3v) is 6.44. The van der Waals surface area contributed by atoms with Gasteiger partial charge in [-0.05, 0) is 44.0 Å². The monoisotopic (exact) mass is 413 g/mol. The number of anilines is 1. The van der Waals surface area contributed by atoms with Crippen molar-refractivity contribution in [3.05, 3.63) is 70.0 Å². The van der Waals surface area contributed by atoms with Gasteiger partial charge >= 0.3 is 0 Å². The Bertz CT molecular complexity index is 1030. The van der Waals surface area contributed by atoms with Crippen molar-refractivity contribution in [1.29, 1.82) is 0 Å². The molecule has 0 fully saturated rings. The van der Waals surface area contributed by atoms with E-state index in [1.165, 1.54) is 17.3 Å². The van der Waals surface area contributed by atoms with Gasteiger partial charge in [-0.15, -0.1) is 10.2 Å². The van der Waals surface area contributed by atoms with Crippen molar-refractivity contribution in [3.8, 4) is 0 Å². The van der Waals surface area contributed by atoms with E-state index in [2.05, 4.69) is 20.9 Å². The first kappa shape index (κ1) is 18.8. The van der Waals surface area contributed by atoms with Crippen LogP contribution in [0.2, 0.25) is 5.02 Å². The molecule has 3 aromatic rings. The van der Waals surface area contributed by atoms with Crippen LogP contribution in [0.4, 0.5) is 5.69 Å². The molecule has 0 radical (unpaired) electrons. The molecule has 2 atom stereocenters. The average Bonchev–Trinajstić information content (AvgIpc) is 3.05. The minimum absolute atomic E-state index is 0.111. The van der Waals surface area contributed by atoms with Gasteiger partial charge in [0.2, 0.25) is 11.1 Å². The summed E-state index contributed by atoms with van der Waals surface area (Å²) in [4.78, 5) is 13.2. The number of hydrogen-bond acceptors (Lipinski definition) is 5. The van der Waals surface area contributed by atoms with Gasteiger partial charge in [0.1, 0.15) is 11.1 Å². The molecule has 0 saturated heterocycles. The summed E-state index contributed by atoms with van der Waals surface area (Å²) in [5, 5.41) is 12.2. The predicted octanol–water partition coefficient (Wildman–Crippen LogP) is 4.25. The van der Waals surface area contributed by atoms with Crippen LogP contribution in [-0.2, 0) is 4.79 Å². The molecule has 0 spiro atoms. The number of hydrogen-bond donors (Lipinski definition) is 2. The summed E-state index contributed by atoms with van der Waals surface area (Å²) >= 11 is 7.61. The van der Waals surface area contributed by atoms with Gasteiger partial charge in [-0.2, -0.15) is 0 Å². The van der Waals surface area contributed by atoms with Crippen LogP contribution < -0.4 is 10.7 Å². The van der Waals surface area contributed by atoms with E-state index in [4.69, 9.17) is 11.6 Å². The van der Waals surface area contributed by atoms with Gasteiger partial charge < -0.3 is 10.7 Å². The van der Waals surface area contributed by atoms with Crippen molar-refractivity contribution in [3.63, 3.8) is 0 Å². The second-order valence-corrected chi connectivity index (χ2v) is 8.34. The van der Waals surface area contributed by atoms with E-state index in [1.54, 1.807) is 0 Å². The van der Waals surface area contributed by atoms with Gasteiger partial charge in [0.15, 0.2) is 0 Å². The number of aryl methyl sites for hydroxylation is 2. The molecule has 0 saturated carbocycles. The Hall–Kier alpha value is -2.51. The fourth-order valence-electron chi connectivity index (χ4n) is 3.13. The second-order valence-electron chi connectivity index (χ2n) is 6.82. The molecule has 28 heavy (non-hydrogen) atoms. The molecule has 1 aliphatic heterocycles. The van der Waals surface area contributed by atoms with E-state index in [0.29, 0.717) is 15.9 Å². The standard InChI is InChI=1S/C20H20ClN5OS/c1-11-7-9-14(10-8-11)17-18(28-20-24-23-13(3)26(20)25-17)19(27)22-16-6-4-5-15(21)12(16)2/h4-10,17-18,25H,1-3H3,(H,22,27)/t17-,18+/m0/s1. The van der Waals surface area contributed by atoms with Crippen LogP contribution in [0, 0.1) is 20.8 Å². The summed E-state index contributed by atoms with van der Waals surface area (Å²) in [6, 6.07) is 13.4. The highest BCUT2D eigenvalue weighted by Crippen LogP contribution is 2.38. The van der Waals surface area contributed by atoms with Gasteiger partial charge in [-0.1, -0.05) is 59.3 Å². The Morgan fingerprint density at radius 3 is 2.64 bits per heavy atom. The van der Waals surface area contributed by atoms with Crippen LogP contribution in [0.15, 0.2) is 47.6 Å². The number of fused-ring (bicyclic) bond motifs is 1. The molecule has 144 valence electrons. The third kappa shape index (κ3) is 3.47. The number of benzene rings is 2. The topological polar surface area (TPSA) is 71.8 Å². The zero-order chi connectivity index (χ0) is 19.8. The number of nitrogens with one attached hydrogen (secondary N) is 2. The Labute approximate surface area is 172 Å². The molecule has 8 heteroatoms. The minimum atomic E-state index is -0.419. The number of nitrogens with zero attached hydrogens (tertiary/aromatic N) is 3. The summed E-state index contributed by atoms with van der Waals surface area (Å²) < 4.78 is 1.84. The van der Waals surface area contributed by atoms with Crippen LogP contribution >= 0.6 is 23.4 Å². The lowest BCUT2D eigenvalue weighted by molar-refractivity contribution is -0.116. The Morgan fingerprint density at radius 1 is 1.14 bits per heavy atom. The number of aromatic nitrogens is 3. The number of halogens is 1. The Kier molecular flexibility index (Phi) is 5.03. The molecule has 0 bridgehead atoms. The van der Waals surface area contributed by atoms with Crippen LogP contribution in [0.5, 0.6) is 0 Å². The molecule has 2 N–H and O–H groups in total. The number of rotatable bonds is 3. The van der Waals surface area contributed by atoms with E-state index in [1.807, 2.05) is 67.9 Å². The van der Waals surface area contributed by atoms with Gasteiger partial charge in [-0.3, -0.25) is 4.79 Å². The second kappa shape index (κ2) is 7.48. The molecule has 1 aliphatic rings. The zero-order valence-electron chi connectivity index (χ0n) is 15.7. The highest BCUT2D eigenvalue weighted by Gasteiger charge is 2.37. The lowest BCUT2D eigenvalue weighted by atomic mass is 10.0. The molecule has 2 aromatic carbocycles. The van der Waals surface area contributed by atoms with Crippen LogP contribution in [0.25, 0.3) is 0 Å². The molecule has 0 aliphatic carbocycles. The Balaban J connectivity index is 1.68. The van der Waals surface area contributed by atoms with Crippen molar-refractivity contribution < 1.29 is 4.79 Å². The average molecular weight is 414 g/mol. The lowest BCUT2D eigenvalue weighted by Crippen LogP contribution is -2.41. The largest absolute Gasteiger partial charge is 0.325 e. The van der Waals surface area contributed by atoms with Crippen molar-refractivity contribution >= 4 is 35.0 Å². The molecule has 1 aromatic heterocycles. The van der Waals surface area contributed by atoms with Crippen LogP contribution in [-0.4, -0.2) is 26.0 Å². The summed E-state index contributed by atoms with van der Waals surface area (Å²) in [5.74, 6) is 0.643. The maximum Gasteiger partial charge on any atom is 0.240 e. The maximum atomic E-state index is 13.2. The van der Waals surface area contributed by atoms with Crippen molar-refractivity contribution in [2.75, 3.05) is 10.7 Å². The van der Waals surface area contributed by atoms with Gasteiger partial charge in [0, 0.05) is 10.7 Å². The van der Waals surface area contributed by atoms with Crippen molar-refractivity contribution in [1.82, 2.24) is 14.9 Å². The number of carbonyl (C=O) groups is 1. The SMILES string of the molecule is Cc1ccc([C@@H]2Nn3c(C)nnc3S[C@H]2C(=O)Nc2cccc(Cl)c2C)cc1. The number of amides is 1. The quantitative estimate of drug-likeness (QED) is 0.671. The summed E-state index contributed by atoms with van der Waals surface area (Å²) in [5.41, 5.74) is 7.16. The smallest absolute Gasteiger partial charge is 0.240 e. The van der Waals surface area contributed by atoms with Gasteiger partial charge in [0.05, 0.1) is 6.04 Å². The highest BCUT2D eigenvalue weighted by atomic mass is 35.5. The molecular weight excluding hydrogens is 394 g/mol. The number of carbonyl (C=O) groups excluding carboxylic acids is 1. The van der Waals surface area contributed by atoms with E-state index < -0.39 is 5.25 Å². The fraction of sp³-hybridized carbons (Fsp3) is 0.250. The van der Waals surface area contributed by atoms with E-state index in [9.17, 15) is 4.79 Å². The molecule has 6 nitrogen and oxygen atoms in total. The minimum Gasteiger partial charge on any atom is -0.325 e. The van der Waals surface area contributed by atoms with Crippen LogP contribution in [0.3, 0.4) is 0 Å². The summed E-state index contributed by atoms with van der Waals surface area (Å²) in [6.45, 7) is 5.81. The highest BCUT2D eigenvalue weighted by molar-refractivity contribution is 8.00. The third-order valence-electron chi connectivity index (χ3n) is 4.82. The first-order valence-corrected chi connectivity index (χ1v) is 10.2. The van der Waals surface area contributed by atoms with E-state index in [0.717, 1.165) is 17.0 Å². The summed E-state index contributed by atoms with van der Waals surface area (Å²) in [6.07, 6.45) is 0. The molecule has 1 amide bonds. The fourth-order valence-corrected chi connectivity index (χ4v) is 4.43. The predicted molar refractivity (Wildman–Crippen MR) is 113 cm³/mol. The normalized spacial score (nSPS) is 18.3. The number of thioether (sulfide) groups is 1. The zero-order valence-corrected chi connectivity index (χ0v) is 17.3. The van der Waals surface area contributed by atoms with Crippen molar-refractivity contribution in [2.45, 2.75) is 37.2 Å². The van der Waals surface area contributed by atoms with E-state index in [-0.39, 0.29) is 11.9 Å². The van der Waals surface area contributed by atoms with Gasteiger partial charge in [0.25, 0.3) is 0 Å². The maximum absolute atomic E-state index is 13.2. The molecule has 4 rings (SSSR count). The van der Waals surface area contributed by atoms with Gasteiger partial charge in [-0.25, -0.2) is 4.68 Å². The lowest BCUT2D eigenvalue weighted by Gasteiger charge is -2.33. The van der Waals surface area contributed by atoms with E-state index >= 15 is 0 Å². The van der Waals surface area contributed by atoms with Crippen LogP contribution in [0.1, 0.15) is 28.6 Å².